The van der Waals surface area contributed by atoms with E-state index in [2.05, 4.69) is 157 Å². The Labute approximate surface area is 338 Å². The summed E-state index contributed by atoms with van der Waals surface area (Å²) in [5.41, 5.74) is 12.9. The SMILES string of the molecule is Fc1ccc2c(c1)c1cc(F)cc3c4cc5c6cc(-n7c8ccccc8c8ccccc87)cc7c8cc(-n9c%10ccccc%10c%10ccccc%109)ccc8n(c5cc4n2c13)c76. The van der Waals surface area contributed by atoms with Gasteiger partial charge in [-0.15, -0.1) is 0 Å². The zero-order valence-electron chi connectivity index (χ0n) is 31.7. The third-order valence-corrected chi connectivity index (χ3v) is 13.5. The Bertz CT molecular complexity index is 4280. The molecule has 15 aromatic rings. The van der Waals surface area contributed by atoms with Gasteiger partial charge in [-0.1, -0.05) is 72.8 Å². The number of rotatable bonds is 2. The molecule has 0 atom stereocenters. The van der Waals surface area contributed by atoms with Gasteiger partial charge in [0.1, 0.15) is 11.6 Å². The molecule has 0 aliphatic carbocycles. The molecular formula is C54H28F2N4. The van der Waals surface area contributed by atoms with Crippen molar-refractivity contribution in [2.75, 3.05) is 0 Å². The van der Waals surface area contributed by atoms with Crippen molar-refractivity contribution < 1.29 is 8.78 Å². The number of benzene rings is 9. The normalized spacial score (nSPS) is 12.8. The first-order chi connectivity index (χ1) is 29.6. The maximum absolute atomic E-state index is 15.6. The molecule has 15 rings (SSSR count). The van der Waals surface area contributed by atoms with Crippen molar-refractivity contribution in [3.63, 3.8) is 0 Å². The first-order valence-corrected chi connectivity index (χ1v) is 20.3. The van der Waals surface area contributed by atoms with Gasteiger partial charge >= 0.3 is 0 Å². The van der Waals surface area contributed by atoms with Gasteiger partial charge in [0, 0.05) is 76.0 Å². The van der Waals surface area contributed by atoms with Gasteiger partial charge in [-0.3, -0.25) is 0 Å². The van der Waals surface area contributed by atoms with Crippen LogP contribution < -0.4 is 0 Å². The summed E-state index contributed by atoms with van der Waals surface area (Å²) in [4.78, 5) is 0. The average Bonchev–Trinajstić information content (AvgIpc) is 4.10. The number of fused-ring (bicyclic) bond motifs is 18. The maximum Gasteiger partial charge on any atom is 0.124 e. The molecule has 6 heterocycles. The van der Waals surface area contributed by atoms with Crippen molar-refractivity contribution >= 4 is 120 Å². The van der Waals surface area contributed by atoms with Crippen molar-refractivity contribution in [2.45, 2.75) is 0 Å². The van der Waals surface area contributed by atoms with E-state index < -0.39 is 0 Å². The third-order valence-electron chi connectivity index (χ3n) is 13.5. The fourth-order valence-electron chi connectivity index (χ4n) is 11.2. The van der Waals surface area contributed by atoms with Crippen molar-refractivity contribution in [2.24, 2.45) is 0 Å². The van der Waals surface area contributed by atoms with Crippen molar-refractivity contribution in [3.05, 3.63) is 181 Å². The van der Waals surface area contributed by atoms with E-state index in [4.69, 9.17) is 0 Å². The number of para-hydroxylation sites is 4. The summed E-state index contributed by atoms with van der Waals surface area (Å²) in [5.74, 6) is -0.667. The smallest absolute Gasteiger partial charge is 0.124 e. The van der Waals surface area contributed by atoms with Crippen LogP contribution in [0.25, 0.3) is 131 Å². The molecule has 0 aliphatic rings. The van der Waals surface area contributed by atoms with Crippen LogP contribution in [-0.4, -0.2) is 17.9 Å². The maximum atomic E-state index is 15.6. The molecule has 0 spiro atoms. The highest BCUT2D eigenvalue weighted by Crippen LogP contribution is 2.47. The van der Waals surface area contributed by atoms with Crippen LogP contribution in [0.3, 0.4) is 0 Å². The molecule has 0 radical (unpaired) electrons. The van der Waals surface area contributed by atoms with Crippen LogP contribution >= 0.6 is 0 Å². The van der Waals surface area contributed by atoms with Crippen molar-refractivity contribution in [3.8, 4) is 11.4 Å². The van der Waals surface area contributed by atoms with E-state index in [0.29, 0.717) is 5.39 Å². The zero-order valence-corrected chi connectivity index (χ0v) is 31.7. The lowest BCUT2D eigenvalue weighted by molar-refractivity contribution is 0.629. The highest BCUT2D eigenvalue weighted by molar-refractivity contribution is 6.29. The lowest BCUT2D eigenvalue weighted by atomic mass is 10.0. The molecule has 0 amide bonds. The van der Waals surface area contributed by atoms with E-state index in [9.17, 15) is 4.39 Å². The monoisotopic (exact) mass is 770 g/mol. The standard InChI is InChI=1S/C54H28F2N4/c55-29-17-19-49-37(21-29)41-22-30(56)23-42-39-27-40-44-26-32(58-47-15-7-3-11-35(47)36-12-4-8-16-48(36)58)25-43-38-24-31(57-45-13-5-1-9-33(45)34-10-2-6-14-46(34)57)18-20-50(38)60(54(43)44)52(40)28-51(39)59(49)53(41)42/h1-28H. The third kappa shape index (κ3) is 3.63. The topological polar surface area (TPSA) is 18.7 Å². The Morgan fingerprint density at radius 3 is 1.15 bits per heavy atom. The van der Waals surface area contributed by atoms with Crippen LogP contribution in [-0.2, 0) is 0 Å². The van der Waals surface area contributed by atoms with Crippen molar-refractivity contribution in [1.29, 1.82) is 0 Å². The molecule has 6 aromatic heterocycles. The molecule has 0 saturated heterocycles. The Hall–Kier alpha value is -7.96. The summed E-state index contributed by atoms with van der Waals surface area (Å²) >= 11 is 0. The molecule has 4 nitrogen and oxygen atoms in total. The fourth-order valence-corrected chi connectivity index (χ4v) is 11.2. The zero-order chi connectivity index (χ0) is 39.1. The van der Waals surface area contributed by atoms with E-state index in [0.717, 1.165) is 93.2 Å². The molecule has 0 fully saturated rings. The van der Waals surface area contributed by atoms with E-state index in [-0.39, 0.29) is 11.6 Å². The highest BCUT2D eigenvalue weighted by Gasteiger charge is 2.25. The minimum atomic E-state index is -0.335. The van der Waals surface area contributed by atoms with Gasteiger partial charge in [0.05, 0.1) is 55.2 Å². The van der Waals surface area contributed by atoms with E-state index in [1.165, 1.54) is 44.7 Å². The molecule has 0 saturated carbocycles. The highest BCUT2D eigenvalue weighted by atomic mass is 19.1. The van der Waals surface area contributed by atoms with Crippen LogP contribution in [0.2, 0.25) is 0 Å². The Balaban J connectivity index is 1.13. The van der Waals surface area contributed by atoms with Gasteiger partial charge in [0.15, 0.2) is 0 Å². The summed E-state index contributed by atoms with van der Waals surface area (Å²) in [6, 6.07) is 58.7. The Kier molecular flexibility index (Phi) is 5.47. The van der Waals surface area contributed by atoms with Crippen LogP contribution in [0.1, 0.15) is 0 Å². The molecule has 278 valence electrons. The molecule has 0 N–H and O–H groups in total. The second-order valence-electron chi connectivity index (χ2n) is 16.4. The Morgan fingerprint density at radius 2 is 0.633 bits per heavy atom. The van der Waals surface area contributed by atoms with Gasteiger partial charge in [0.25, 0.3) is 0 Å². The predicted octanol–water partition coefficient (Wildman–Crippen LogP) is 14.5. The molecule has 6 heteroatoms. The number of halogens is 2. The van der Waals surface area contributed by atoms with E-state index >= 15 is 4.39 Å². The predicted molar refractivity (Wildman–Crippen MR) is 244 cm³/mol. The van der Waals surface area contributed by atoms with Crippen LogP contribution in [0.15, 0.2) is 170 Å². The molecule has 0 unspecified atom stereocenters. The summed E-state index contributed by atoms with van der Waals surface area (Å²) in [7, 11) is 0. The van der Waals surface area contributed by atoms with Crippen LogP contribution in [0.4, 0.5) is 8.78 Å². The summed E-state index contributed by atoms with van der Waals surface area (Å²) in [6.45, 7) is 0. The summed E-state index contributed by atoms with van der Waals surface area (Å²) < 4.78 is 39.7. The molecule has 60 heavy (non-hydrogen) atoms. The van der Waals surface area contributed by atoms with Crippen molar-refractivity contribution in [1.82, 2.24) is 17.9 Å². The number of nitrogens with zero attached hydrogens (tertiary/aromatic N) is 4. The largest absolute Gasteiger partial charge is 0.309 e. The lowest BCUT2D eigenvalue weighted by Crippen LogP contribution is -1.94. The number of hydrogen-bond donors (Lipinski definition) is 0. The van der Waals surface area contributed by atoms with Gasteiger partial charge < -0.3 is 17.9 Å². The van der Waals surface area contributed by atoms with E-state index in [1.54, 1.807) is 12.1 Å². The molecule has 0 bridgehead atoms. The minimum Gasteiger partial charge on any atom is -0.309 e. The summed E-state index contributed by atoms with van der Waals surface area (Å²) in [5, 5.41) is 12.7. The summed E-state index contributed by atoms with van der Waals surface area (Å²) in [6.07, 6.45) is 0. The second kappa shape index (κ2) is 10.6. The van der Waals surface area contributed by atoms with Crippen LogP contribution in [0.5, 0.6) is 0 Å². The Morgan fingerprint density at radius 1 is 0.250 bits per heavy atom. The quantitative estimate of drug-likeness (QED) is 0.167. The van der Waals surface area contributed by atoms with Gasteiger partial charge in [-0.25, -0.2) is 8.78 Å². The fraction of sp³-hybridized carbons (Fsp3) is 0. The lowest BCUT2D eigenvalue weighted by Gasteiger charge is -2.10. The molecular weight excluding hydrogens is 743 g/mol. The van der Waals surface area contributed by atoms with Gasteiger partial charge in [-0.2, -0.15) is 0 Å². The van der Waals surface area contributed by atoms with Gasteiger partial charge in [-0.05, 0) is 97.1 Å². The average molecular weight is 771 g/mol. The second-order valence-corrected chi connectivity index (χ2v) is 16.4. The van der Waals surface area contributed by atoms with E-state index in [1.807, 2.05) is 6.07 Å². The number of hydrogen-bond acceptors (Lipinski definition) is 0. The molecule has 0 aliphatic heterocycles. The first-order valence-electron chi connectivity index (χ1n) is 20.3. The molecule has 9 aromatic carbocycles. The first kappa shape index (κ1) is 31.1. The number of aromatic nitrogens is 4. The minimum absolute atomic E-state index is 0.332. The van der Waals surface area contributed by atoms with Crippen LogP contribution in [0, 0.1) is 11.6 Å². The van der Waals surface area contributed by atoms with Gasteiger partial charge in [0.2, 0.25) is 0 Å².